The highest BCUT2D eigenvalue weighted by molar-refractivity contribution is 7.90. The van der Waals surface area contributed by atoms with Gasteiger partial charge in [0.1, 0.15) is 32.5 Å². The van der Waals surface area contributed by atoms with Crippen LogP contribution in [0.15, 0.2) is 89.8 Å². The van der Waals surface area contributed by atoms with E-state index in [4.69, 9.17) is 35.0 Å². The highest BCUT2D eigenvalue weighted by atomic mass is 32.2. The first-order chi connectivity index (χ1) is 20.9. The van der Waals surface area contributed by atoms with E-state index in [0.29, 0.717) is 11.1 Å². The minimum atomic E-state index is -3.54. The van der Waals surface area contributed by atoms with E-state index >= 15 is 0 Å². The van der Waals surface area contributed by atoms with Gasteiger partial charge >= 0.3 is 12.1 Å². The van der Waals surface area contributed by atoms with Gasteiger partial charge in [0.05, 0.1) is 21.2 Å². The molecule has 0 heterocycles. The van der Waals surface area contributed by atoms with E-state index < -0.39 is 58.7 Å². The topological polar surface area (TPSA) is 202 Å². The first kappa shape index (κ1) is 34.3. The maximum absolute atomic E-state index is 13.6. The Balaban J connectivity index is 1.93. The van der Waals surface area contributed by atoms with Crippen LogP contribution >= 0.6 is 0 Å². The molecule has 1 atom stereocenters. The minimum absolute atomic E-state index is 0.0215. The lowest BCUT2D eigenvalue weighted by molar-refractivity contribution is -0.527. The van der Waals surface area contributed by atoms with E-state index in [1.54, 1.807) is 54.6 Å². The molecule has 3 aromatic carbocycles. The first-order valence-electron chi connectivity index (χ1n) is 12.7. The average Bonchev–Trinajstić information content (AvgIpc) is 2.99. The Labute approximate surface area is 251 Å². The lowest BCUT2D eigenvalue weighted by Crippen LogP contribution is -2.35. The van der Waals surface area contributed by atoms with Gasteiger partial charge in [0.15, 0.2) is 9.84 Å². The SMILES string of the molecule is CS(=O)(=O)c1ccc(/C(COC(=O)OCC(CON(O)O)ON(O)O)=C(/C(=O)OCc2ccccc2)c2ccccc2)cc1. The largest absolute Gasteiger partial charge is 0.508 e. The van der Waals surface area contributed by atoms with E-state index in [2.05, 4.69) is 9.68 Å². The molecule has 0 bridgehead atoms. The molecule has 1 unspecified atom stereocenters. The summed E-state index contributed by atoms with van der Waals surface area (Å²) in [6.07, 6.45) is -1.69. The van der Waals surface area contributed by atoms with Crippen LogP contribution in [0.3, 0.4) is 0 Å². The van der Waals surface area contributed by atoms with Gasteiger partial charge in [-0.3, -0.25) is 20.8 Å². The number of nitrogens with zero attached hydrogens (tertiary/aromatic N) is 2. The maximum atomic E-state index is 13.6. The van der Waals surface area contributed by atoms with Gasteiger partial charge in [-0.15, -0.1) is 0 Å². The fraction of sp³-hybridized carbons (Fsp3) is 0.214. The Bertz CT molecular complexity index is 1500. The molecule has 0 aliphatic heterocycles. The summed E-state index contributed by atoms with van der Waals surface area (Å²) in [5.74, 6) is -0.756. The zero-order valence-electron chi connectivity index (χ0n) is 23.3. The van der Waals surface area contributed by atoms with Crippen molar-refractivity contribution in [2.75, 3.05) is 26.1 Å². The van der Waals surface area contributed by atoms with Crippen molar-refractivity contribution in [3.8, 4) is 0 Å². The molecule has 0 aliphatic carbocycles. The van der Waals surface area contributed by atoms with Crippen molar-refractivity contribution in [3.63, 3.8) is 0 Å². The minimum Gasteiger partial charge on any atom is -0.457 e. The monoisotopic (exact) mass is 634 g/mol. The molecule has 0 aromatic heterocycles. The molecule has 3 aromatic rings. The van der Waals surface area contributed by atoms with Crippen LogP contribution in [0.25, 0.3) is 11.1 Å². The summed E-state index contributed by atoms with van der Waals surface area (Å²) in [5, 5.41) is 33.8. The van der Waals surface area contributed by atoms with Gasteiger partial charge in [0.2, 0.25) is 0 Å². The molecule has 4 N–H and O–H groups in total. The van der Waals surface area contributed by atoms with E-state index in [-0.39, 0.29) is 22.6 Å². The number of carbonyl (C=O) groups is 2. The molecular formula is C28H30N2O13S. The Kier molecular flexibility index (Phi) is 12.9. The second-order valence-corrected chi connectivity index (χ2v) is 11.0. The summed E-state index contributed by atoms with van der Waals surface area (Å²) in [7, 11) is -3.54. The zero-order chi connectivity index (χ0) is 32.1. The maximum Gasteiger partial charge on any atom is 0.508 e. The van der Waals surface area contributed by atoms with E-state index in [1.807, 2.05) is 6.07 Å². The molecule has 0 fully saturated rings. The van der Waals surface area contributed by atoms with Crippen molar-refractivity contribution in [2.24, 2.45) is 0 Å². The van der Waals surface area contributed by atoms with Crippen LogP contribution in [-0.2, 0) is 45.1 Å². The molecule has 236 valence electrons. The number of benzene rings is 3. The quantitative estimate of drug-likeness (QED) is 0.0820. The Morgan fingerprint density at radius 1 is 0.750 bits per heavy atom. The Hall–Kier alpha value is -4.23. The van der Waals surface area contributed by atoms with Crippen LogP contribution in [0.1, 0.15) is 16.7 Å². The van der Waals surface area contributed by atoms with Crippen LogP contribution in [0.5, 0.6) is 0 Å². The number of ether oxygens (including phenoxy) is 3. The molecule has 0 radical (unpaired) electrons. The Morgan fingerprint density at radius 3 is 1.93 bits per heavy atom. The van der Waals surface area contributed by atoms with Gasteiger partial charge in [-0.1, -0.05) is 72.8 Å². The van der Waals surface area contributed by atoms with E-state index in [9.17, 15) is 18.0 Å². The smallest absolute Gasteiger partial charge is 0.457 e. The third kappa shape index (κ3) is 11.1. The van der Waals surface area contributed by atoms with E-state index in [1.165, 1.54) is 24.3 Å². The third-order valence-corrected chi connectivity index (χ3v) is 6.88. The number of sulfone groups is 1. The molecule has 3 rings (SSSR count). The van der Waals surface area contributed by atoms with Gasteiger partial charge in [-0.25, -0.2) is 27.7 Å². The van der Waals surface area contributed by atoms with Gasteiger partial charge in [-0.05, 0) is 28.8 Å². The predicted molar refractivity (Wildman–Crippen MR) is 148 cm³/mol. The zero-order valence-corrected chi connectivity index (χ0v) is 24.1. The van der Waals surface area contributed by atoms with Gasteiger partial charge in [0.25, 0.3) is 0 Å². The predicted octanol–water partition coefficient (Wildman–Crippen LogP) is 3.29. The Morgan fingerprint density at radius 2 is 1.36 bits per heavy atom. The molecule has 15 nitrogen and oxygen atoms in total. The van der Waals surface area contributed by atoms with Crippen LogP contribution in [0.2, 0.25) is 0 Å². The highest BCUT2D eigenvalue weighted by Crippen LogP contribution is 2.29. The van der Waals surface area contributed by atoms with Crippen LogP contribution in [0.4, 0.5) is 4.79 Å². The van der Waals surface area contributed by atoms with Crippen molar-refractivity contribution in [1.29, 1.82) is 0 Å². The van der Waals surface area contributed by atoms with Crippen molar-refractivity contribution >= 4 is 33.1 Å². The second kappa shape index (κ2) is 16.6. The lowest BCUT2D eigenvalue weighted by Gasteiger charge is -2.19. The van der Waals surface area contributed by atoms with Crippen LogP contribution in [0, 0.1) is 0 Å². The van der Waals surface area contributed by atoms with Crippen LogP contribution in [-0.4, -0.2) is 84.3 Å². The summed E-state index contributed by atoms with van der Waals surface area (Å²) in [5.41, 5.74) is 1.65. The normalized spacial score (nSPS) is 12.9. The highest BCUT2D eigenvalue weighted by Gasteiger charge is 2.24. The molecule has 0 amide bonds. The average molecular weight is 635 g/mol. The summed E-state index contributed by atoms with van der Waals surface area (Å²) < 4.78 is 39.9. The number of carbonyl (C=O) groups excluding carboxylic acids is 2. The van der Waals surface area contributed by atoms with Gasteiger partial charge in [-0.2, -0.15) is 0 Å². The van der Waals surface area contributed by atoms with E-state index in [0.717, 1.165) is 11.8 Å². The summed E-state index contributed by atoms with van der Waals surface area (Å²) >= 11 is 0. The summed E-state index contributed by atoms with van der Waals surface area (Å²) in [4.78, 5) is 34.9. The third-order valence-electron chi connectivity index (χ3n) is 5.75. The number of esters is 1. The molecule has 0 spiro atoms. The molecule has 0 aliphatic rings. The molecule has 0 saturated heterocycles. The molecule has 0 saturated carbocycles. The van der Waals surface area contributed by atoms with Gasteiger partial charge < -0.3 is 14.2 Å². The number of rotatable bonds is 15. The van der Waals surface area contributed by atoms with Crippen molar-refractivity contribution in [1.82, 2.24) is 10.8 Å². The standard InChI is InChI=1S/C28H30N2O13S/c1-44(37,38)24-14-12-21(13-15-24)25(19-41-28(32)40-17-23(43-30(35)36)18-42-29(33)34)26(22-10-6-3-7-11-22)27(31)39-16-20-8-4-2-5-9-20/h2-15,23,33-36H,16-19H2,1H3/b26-25+. The lowest BCUT2D eigenvalue weighted by atomic mass is 9.95. The second-order valence-electron chi connectivity index (χ2n) is 8.96. The van der Waals surface area contributed by atoms with Crippen molar-refractivity contribution in [2.45, 2.75) is 17.6 Å². The van der Waals surface area contributed by atoms with Gasteiger partial charge in [0, 0.05) is 11.8 Å². The molecule has 44 heavy (non-hydrogen) atoms. The van der Waals surface area contributed by atoms with Crippen molar-refractivity contribution < 1.29 is 62.7 Å². The van der Waals surface area contributed by atoms with Crippen LogP contribution < -0.4 is 0 Å². The fourth-order valence-electron chi connectivity index (χ4n) is 3.74. The number of hydrogen-bond donors (Lipinski definition) is 4. The number of hydrogen-bond acceptors (Lipinski definition) is 15. The summed E-state index contributed by atoms with van der Waals surface area (Å²) in [6.45, 7) is -2.04. The molecular weight excluding hydrogens is 604 g/mol. The molecule has 16 heteroatoms. The van der Waals surface area contributed by atoms with Crippen molar-refractivity contribution in [3.05, 3.63) is 102 Å². The summed E-state index contributed by atoms with van der Waals surface area (Å²) in [6, 6.07) is 22.9. The fourth-order valence-corrected chi connectivity index (χ4v) is 4.37. The first-order valence-corrected chi connectivity index (χ1v) is 14.6.